The Morgan fingerprint density at radius 1 is 1.12 bits per heavy atom. The van der Waals surface area contributed by atoms with Gasteiger partial charge in [-0.25, -0.2) is 0 Å². The van der Waals surface area contributed by atoms with Crippen molar-refractivity contribution in [3.8, 4) is 0 Å². The lowest BCUT2D eigenvalue weighted by Crippen LogP contribution is -2.51. The number of carbonyl (C=O) groups excluding carboxylic acids is 2. The maximum Gasteiger partial charge on any atom is 0.237 e. The average Bonchev–Trinajstić information content (AvgIpc) is 2.10. The summed E-state index contributed by atoms with van der Waals surface area (Å²) in [6.45, 7) is 11.4. The predicted octanol–water partition coefficient (Wildman–Crippen LogP) is 0.404. The third-order valence-electron chi connectivity index (χ3n) is 1.91. The van der Waals surface area contributed by atoms with Crippen LogP contribution in [0.4, 0.5) is 0 Å². The topological polar surface area (TPSA) is 70.2 Å². The number of hydrogen-bond donors (Lipinski definition) is 3. The van der Waals surface area contributed by atoms with Gasteiger partial charge in [-0.2, -0.15) is 0 Å². The molecular formula is C12H25N3O2. The number of carbonyl (C=O) groups is 2. The van der Waals surface area contributed by atoms with E-state index in [2.05, 4.69) is 16.0 Å². The minimum Gasteiger partial charge on any atom is -0.353 e. The molecular weight excluding hydrogens is 218 g/mol. The molecule has 3 N–H and O–H groups in total. The van der Waals surface area contributed by atoms with Crippen LogP contribution in [0.3, 0.4) is 0 Å². The fourth-order valence-corrected chi connectivity index (χ4v) is 1.19. The Bertz CT molecular complexity index is 269. The van der Waals surface area contributed by atoms with Crippen molar-refractivity contribution in [1.29, 1.82) is 0 Å². The van der Waals surface area contributed by atoms with Crippen molar-refractivity contribution >= 4 is 11.8 Å². The first-order chi connectivity index (χ1) is 7.61. The molecule has 17 heavy (non-hydrogen) atoms. The van der Waals surface area contributed by atoms with E-state index < -0.39 is 0 Å². The van der Waals surface area contributed by atoms with Crippen molar-refractivity contribution in [2.24, 2.45) is 0 Å². The molecule has 0 bridgehead atoms. The molecule has 0 aromatic carbocycles. The van der Waals surface area contributed by atoms with Crippen LogP contribution in [0.2, 0.25) is 0 Å². The molecule has 0 radical (unpaired) electrons. The van der Waals surface area contributed by atoms with Gasteiger partial charge in [0.25, 0.3) is 0 Å². The van der Waals surface area contributed by atoms with Crippen LogP contribution in [0, 0.1) is 0 Å². The Morgan fingerprint density at radius 3 is 2.06 bits per heavy atom. The van der Waals surface area contributed by atoms with Crippen molar-refractivity contribution < 1.29 is 9.59 Å². The molecule has 5 heteroatoms. The standard InChI is InChI=1S/C12H25N3O2/c1-8(2)14-10(16)7-13-9(3)11(17)15-12(4,5)6/h8-9,13H,7H2,1-6H3,(H,14,16)(H,15,17). The minimum absolute atomic E-state index is 0.101. The number of amides is 2. The van der Waals surface area contributed by atoms with Gasteiger partial charge in [0.15, 0.2) is 0 Å². The van der Waals surface area contributed by atoms with Crippen LogP contribution in [-0.2, 0) is 9.59 Å². The molecule has 1 atom stereocenters. The second-order valence-corrected chi connectivity index (χ2v) is 5.56. The molecule has 1 unspecified atom stereocenters. The third kappa shape index (κ3) is 8.68. The first-order valence-electron chi connectivity index (χ1n) is 5.96. The molecule has 0 aliphatic carbocycles. The Kier molecular flexibility index (Phi) is 6.16. The molecule has 0 aliphatic rings. The van der Waals surface area contributed by atoms with Gasteiger partial charge < -0.3 is 10.6 Å². The van der Waals surface area contributed by atoms with Gasteiger partial charge in [-0.15, -0.1) is 0 Å². The molecule has 0 rings (SSSR count). The van der Waals surface area contributed by atoms with Gasteiger partial charge in [0.05, 0.1) is 12.6 Å². The summed E-state index contributed by atoms with van der Waals surface area (Å²) in [5, 5.41) is 8.49. The minimum atomic E-state index is -0.382. The fourth-order valence-electron chi connectivity index (χ4n) is 1.19. The van der Waals surface area contributed by atoms with Crippen LogP contribution >= 0.6 is 0 Å². The summed E-state index contributed by atoms with van der Waals surface area (Å²) in [5.74, 6) is -0.203. The van der Waals surface area contributed by atoms with Crippen LogP contribution in [0.5, 0.6) is 0 Å². The monoisotopic (exact) mass is 243 g/mol. The molecule has 0 saturated heterocycles. The Labute approximate surface area is 104 Å². The molecule has 0 saturated carbocycles. The lowest BCUT2D eigenvalue weighted by Gasteiger charge is -2.23. The maximum atomic E-state index is 11.7. The molecule has 100 valence electrons. The quantitative estimate of drug-likeness (QED) is 0.655. The van der Waals surface area contributed by atoms with Crippen molar-refractivity contribution in [1.82, 2.24) is 16.0 Å². The molecule has 0 heterocycles. The molecule has 0 spiro atoms. The third-order valence-corrected chi connectivity index (χ3v) is 1.91. The molecule has 5 nitrogen and oxygen atoms in total. The van der Waals surface area contributed by atoms with Crippen LogP contribution in [0.15, 0.2) is 0 Å². The zero-order chi connectivity index (χ0) is 13.6. The smallest absolute Gasteiger partial charge is 0.237 e. The van der Waals surface area contributed by atoms with Crippen LogP contribution in [0.25, 0.3) is 0 Å². The van der Waals surface area contributed by atoms with Crippen molar-refractivity contribution in [3.05, 3.63) is 0 Å². The Balaban J connectivity index is 3.98. The van der Waals surface area contributed by atoms with Crippen molar-refractivity contribution in [2.45, 2.75) is 59.2 Å². The largest absolute Gasteiger partial charge is 0.353 e. The maximum absolute atomic E-state index is 11.7. The lowest BCUT2D eigenvalue weighted by molar-refractivity contribution is -0.124. The van der Waals surface area contributed by atoms with Gasteiger partial charge in [0.2, 0.25) is 11.8 Å². The van der Waals surface area contributed by atoms with Gasteiger partial charge in [-0.1, -0.05) is 0 Å². The van der Waals surface area contributed by atoms with E-state index in [0.29, 0.717) is 0 Å². The van der Waals surface area contributed by atoms with Gasteiger partial charge in [-0.05, 0) is 41.5 Å². The fraction of sp³-hybridized carbons (Fsp3) is 0.833. The molecule has 2 amide bonds. The lowest BCUT2D eigenvalue weighted by atomic mass is 10.1. The van der Waals surface area contributed by atoms with Gasteiger partial charge in [0.1, 0.15) is 0 Å². The summed E-state index contributed by atoms with van der Waals surface area (Å²) in [6, 6.07) is -0.268. The van der Waals surface area contributed by atoms with Crippen molar-refractivity contribution in [2.75, 3.05) is 6.54 Å². The first kappa shape index (κ1) is 15.9. The molecule has 0 aliphatic heterocycles. The molecule has 0 fully saturated rings. The van der Waals surface area contributed by atoms with Gasteiger partial charge in [-0.3, -0.25) is 14.9 Å². The normalized spacial score (nSPS) is 13.4. The highest BCUT2D eigenvalue weighted by Gasteiger charge is 2.19. The highest BCUT2D eigenvalue weighted by Crippen LogP contribution is 1.99. The van der Waals surface area contributed by atoms with E-state index in [9.17, 15) is 9.59 Å². The van der Waals surface area contributed by atoms with E-state index in [4.69, 9.17) is 0 Å². The molecule has 0 aromatic rings. The summed E-state index contributed by atoms with van der Waals surface area (Å²) in [5.41, 5.74) is -0.257. The van der Waals surface area contributed by atoms with Crippen LogP contribution < -0.4 is 16.0 Å². The second kappa shape index (κ2) is 6.59. The van der Waals surface area contributed by atoms with Gasteiger partial charge in [0, 0.05) is 11.6 Å². The van der Waals surface area contributed by atoms with E-state index in [1.54, 1.807) is 6.92 Å². The summed E-state index contributed by atoms with van der Waals surface area (Å²) in [6.07, 6.45) is 0. The van der Waals surface area contributed by atoms with E-state index in [1.807, 2.05) is 34.6 Å². The van der Waals surface area contributed by atoms with Crippen LogP contribution in [-0.4, -0.2) is 36.0 Å². The highest BCUT2D eigenvalue weighted by molar-refractivity contribution is 5.83. The van der Waals surface area contributed by atoms with E-state index in [-0.39, 0.29) is 36.0 Å². The summed E-state index contributed by atoms with van der Waals surface area (Å²) in [4.78, 5) is 23.0. The predicted molar refractivity (Wildman–Crippen MR) is 68.6 cm³/mol. The summed E-state index contributed by atoms with van der Waals surface area (Å²) in [7, 11) is 0. The number of nitrogens with one attached hydrogen (secondary N) is 3. The number of rotatable bonds is 5. The summed E-state index contributed by atoms with van der Waals surface area (Å²) >= 11 is 0. The first-order valence-corrected chi connectivity index (χ1v) is 5.96. The van der Waals surface area contributed by atoms with E-state index in [0.717, 1.165) is 0 Å². The zero-order valence-electron chi connectivity index (χ0n) is 11.7. The molecule has 0 aromatic heterocycles. The SMILES string of the molecule is CC(C)NC(=O)CNC(C)C(=O)NC(C)(C)C. The van der Waals surface area contributed by atoms with Gasteiger partial charge >= 0.3 is 0 Å². The summed E-state index contributed by atoms with van der Waals surface area (Å²) < 4.78 is 0. The number of hydrogen-bond acceptors (Lipinski definition) is 3. The second-order valence-electron chi connectivity index (χ2n) is 5.56. The zero-order valence-corrected chi connectivity index (χ0v) is 11.7. The van der Waals surface area contributed by atoms with E-state index >= 15 is 0 Å². The average molecular weight is 243 g/mol. The van der Waals surface area contributed by atoms with E-state index in [1.165, 1.54) is 0 Å². The Morgan fingerprint density at radius 2 is 1.65 bits per heavy atom. The van der Waals surface area contributed by atoms with Crippen molar-refractivity contribution in [3.63, 3.8) is 0 Å². The Hall–Kier alpha value is -1.10. The highest BCUT2D eigenvalue weighted by atomic mass is 16.2. The van der Waals surface area contributed by atoms with Crippen LogP contribution in [0.1, 0.15) is 41.5 Å².